The fraction of sp³-hybridized carbons (Fsp3) is 0.500. The molecule has 3 aromatic rings. The number of amides is 1. The molecule has 9 heteroatoms. The Kier molecular flexibility index (Phi) is 16.6. The first kappa shape index (κ1) is 39.0. The van der Waals surface area contributed by atoms with Crippen molar-refractivity contribution in [1.29, 1.82) is 0 Å². The van der Waals surface area contributed by atoms with Gasteiger partial charge in [-0.05, 0) is 70.0 Å². The van der Waals surface area contributed by atoms with E-state index in [0.29, 0.717) is 24.6 Å². The molecule has 1 amide bonds. The summed E-state index contributed by atoms with van der Waals surface area (Å²) >= 11 is 0. The lowest BCUT2D eigenvalue weighted by Crippen LogP contribution is -2.26. The topological polar surface area (TPSA) is 109 Å². The molecule has 0 radical (unpaired) electrons. The molecule has 49 heavy (non-hydrogen) atoms. The Labute approximate surface area is 292 Å². The first-order chi connectivity index (χ1) is 23.6. The maximum Gasteiger partial charge on any atom is 0.344 e. The number of rotatable bonds is 21. The minimum Gasteiger partial charge on any atom is -0.482 e. The Bertz CT molecular complexity index is 1470. The fourth-order valence-electron chi connectivity index (χ4n) is 5.39. The number of esters is 2. The number of nitrogens with one attached hydrogen (secondary N) is 1. The molecule has 0 spiro atoms. The molecule has 0 saturated carbocycles. The monoisotopic (exact) mass is 673 g/mol. The van der Waals surface area contributed by atoms with Gasteiger partial charge in [-0.15, -0.1) is 0 Å². The van der Waals surface area contributed by atoms with Crippen LogP contribution in [0, 0.1) is 0 Å². The number of carbonyl (C=O) groups excluding carboxylic acids is 3. The van der Waals surface area contributed by atoms with Gasteiger partial charge in [-0.3, -0.25) is 9.59 Å². The van der Waals surface area contributed by atoms with Crippen LogP contribution in [0.15, 0.2) is 60.9 Å². The number of hydrogen-bond donors (Lipinski definition) is 1. The third-order valence-electron chi connectivity index (χ3n) is 7.79. The average molecular weight is 674 g/mol. The van der Waals surface area contributed by atoms with Crippen molar-refractivity contribution in [3.8, 4) is 28.3 Å². The summed E-state index contributed by atoms with van der Waals surface area (Å²) in [5.74, 6) is -0.385. The Morgan fingerprint density at radius 2 is 1.41 bits per heavy atom. The van der Waals surface area contributed by atoms with Crippen LogP contribution in [0.2, 0.25) is 0 Å². The number of ether oxygens (including phenoxy) is 3. The van der Waals surface area contributed by atoms with Crippen LogP contribution in [0.1, 0.15) is 104 Å². The van der Waals surface area contributed by atoms with Gasteiger partial charge in [-0.2, -0.15) is 0 Å². The molecule has 0 aliphatic heterocycles. The molecule has 0 atom stereocenters. The maximum absolute atomic E-state index is 12.8. The molecule has 1 N–H and O–H groups in total. The lowest BCUT2D eigenvalue weighted by Gasteiger charge is -2.20. The van der Waals surface area contributed by atoms with E-state index in [9.17, 15) is 14.4 Å². The maximum atomic E-state index is 12.8. The SMILES string of the molecule is CCCCCCCCCCCCNC(=O)/C=C/c1ccc(-c2c(-c3ccc(OCC(=O)OCC)cc3)ncn2CC(=O)OC(C)(C)C)cc1. The van der Waals surface area contributed by atoms with Gasteiger partial charge in [0.15, 0.2) is 6.61 Å². The molecule has 0 saturated heterocycles. The van der Waals surface area contributed by atoms with E-state index in [2.05, 4.69) is 17.2 Å². The summed E-state index contributed by atoms with van der Waals surface area (Å²) in [5.41, 5.74) is 3.34. The molecule has 2 aromatic carbocycles. The Hall–Kier alpha value is -4.40. The van der Waals surface area contributed by atoms with Crippen molar-refractivity contribution in [3.63, 3.8) is 0 Å². The van der Waals surface area contributed by atoms with Gasteiger partial charge in [0.25, 0.3) is 0 Å². The normalized spacial score (nSPS) is 11.4. The summed E-state index contributed by atoms with van der Waals surface area (Å²) in [7, 11) is 0. The standard InChI is InChI=1S/C40H55N3O6/c1-6-8-9-10-11-12-13-14-15-16-27-41-35(44)26-19-31-17-20-33(21-18-31)39-38(42-30-43(39)28-36(45)49-40(3,4)5)32-22-24-34(25-23-32)48-29-37(46)47-7-2/h17-26,30H,6-16,27-29H2,1-5H3,(H,41,44)/b26-19+. The molecule has 0 bridgehead atoms. The van der Waals surface area contributed by atoms with Gasteiger partial charge in [0.1, 0.15) is 17.9 Å². The van der Waals surface area contributed by atoms with Gasteiger partial charge in [0.05, 0.1) is 24.3 Å². The Morgan fingerprint density at radius 1 is 0.796 bits per heavy atom. The van der Waals surface area contributed by atoms with Gasteiger partial charge in [0.2, 0.25) is 5.91 Å². The van der Waals surface area contributed by atoms with E-state index in [4.69, 9.17) is 14.2 Å². The molecule has 1 heterocycles. The number of unbranched alkanes of at least 4 members (excludes halogenated alkanes) is 9. The van der Waals surface area contributed by atoms with E-state index < -0.39 is 11.6 Å². The molecule has 266 valence electrons. The number of benzene rings is 2. The highest BCUT2D eigenvalue weighted by atomic mass is 16.6. The second-order valence-electron chi connectivity index (χ2n) is 13.2. The summed E-state index contributed by atoms with van der Waals surface area (Å²) in [6.45, 7) is 10.3. The van der Waals surface area contributed by atoms with Gasteiger partial charge in [0, 0.05) is 23.7 Å². The molecule has 1 aromatic heterocycles. The second kappa shape index (κ2) is 20.9. The zero-order valence-corrected chi connectivity index (χ0v) is 30.1. The van der Waals surface area contributed by atoms with Crippen LogP contribution in [0.3, 0.4) is 0 Å². The van der Waals surface area contributed by atoms with E-state index in [1.807, 2.05) is 57.2 Å². The summed E-state index contributed by atoms with van der Waals surface area (Å²) in [5, 5.41) is 2.99. The first-order valence-electron chi connectivity index (χ1n) is 17.8. The van der Waals surface area contributed by atoms with Crippen LogP contribution < -0.4 is 10.1 Å². The number of carbonyl (C=O) groups is 3. The average Bonchev–Trinajstić information content (AvgIpc) is 3.48. The third kappa shape index (κ3) is 14.7. The van der Waals surface area contributed by atoms with Crippen molar-refractivity contribution in [2.45, 2.75) is 111 Å². The lowest BCUT2D eigenvalue weighted by molar-refractivity contribution is -0.155. The van der Waals surface area contributed by atoms with E-state index >= 15 is 0 Å². The zero-order chi connectivity index (χ0) is 35.5. The van der Waals surface area contributed by atoms with Crippen LogP contribution in [-0.4, -0.2) is 52.8 Å². The number of imidazole rings is 1. The highest BCUT2D eigenvalue weighted by molar-refractivity contribution is 5.91. The highest BCUT2D eigenvalue weighted by Gasteiger charge is 2.21. The van der Waals surface area contributed by atoms with Crippen molar-refractivity contribution in [2.75, 3.05) is 19.8 Å². The van der Waals surface area contributed by atoms with Crippen LogP contribution in [-0.2, 0) is 30.4 Å². The smallest absolute Gasteiger partial charge is 0.344 e. The van der Waals surface area contributed by atoms with E-state index in [1.165, 1.54) is 51.4 Å². The number of aromatic nitrogens is 2. The van der Waals surface area contributed by atoms with Crippen molar-refractivity contribution in [3.05, 3.63) is 66.5 Å². The summed E-state index contributed by atoms with van der Waals surface area (Å²) in [6, 6.07) is 15.0. The minimum absolute atomic E-state index is 0.0127. The predicted molar refractivity (Wildman–Crippen MR) is 195 cm³/mol. The van der Waals surface area contributed by atoms with Crippen LogP contribution in [0.5, 0.6) is 5.75 Å². The quantitative estimate of drug-likeness (QED) is 0.0686. The Balaban J connectivity index is 1.63. The summed E-state index contributed by atoms with van der Waals surface area (Å²) < 4.78 is 17.8. The molecule has 0 fully saturated rings. The Morgan fingerprint density at radius 3 is 2.02 bits per heavy atom. The van der Waals surface area contributed by atoms with Gasteiger partial charge < -0.3 is 24.1 Å². The molecule has 0 aliphatic rings. The molecule has 9 nitrogen and oxygen atoms in total. The highest BCUT2D eigenvalue weighted by Crippen LogP contribution is 2.33. The summed E-state index contributed by atoms with van der Waals surface area (Å²) in [6.07, 6.45) is 17.6. The van der Waals surface area contributed by atoms with Crippen LogP contribution in [0.25, 0.3) is 28.6 Å². The van der Waals surface area contributed by atoms with E-state index in [0.717, 1.165) is 35.2 Å². The van der Waals surface area contributed by atoms with Crippen molar-refractivity contribution in [2.24, 2.45) is 0 Å². The predicted octanol–water partition coefficient (Wildman–Crippen LogP) is 8.55. The molecule has 0 aliphatic carbocycles. The van der Waals surface area contributed by atoms with Crippen LogP contribution >= 0.6 is 0 Å². The van der Waals surface area contributed by atoms with Crippen molar-refractivity contribution in [1.82, 2.24) is 14.9 Å². The van der Waals surface area contributed by atoms with E-state index in [-0.39, 0.29) is 25.0 Å². The third-order valence-corrected chi connectivity index (χ3v) is 7.79. The lowest BCUT2D eigenvalue weighted by atomic mass is 10.0. The van der Waals surface area contributed by atoms with Crippen LogP contribution in [0.4, 0.5) is 0 Å². The minimum atomic E-state index is -0.618. The zero-order valence-electron chi connectivity index (χ0n) is 30.1. The van der Waals surface area contributed by atoms with E-state index in [1.54, 1.807) is 42.1 Å². The van der Waals surface area contributed by atoms with Gasteiger partial charge in [-0.25, -0.2) is 9.78 Å². The second-order valence-corrected chi connectivity index (χ2v) is 13.2. The fourth-order valence-corrected chi connectivity index (χ4v) is 5.39. The first-order valence-corrected chi connectivity index (χ1v) is 17.8. The summed E-state index contributed by atoms with van der Waals surface area (Å²) in [4.78, 5) is 41.6. The number of nitrogens with zero attached hydrogens (tertiary/aromatic N) is 2. The molecule has 3 rings (SSSR count). The largest absolute Gasteiger partial charge is 0.482 e. The molecule has 0 unspecified atom stereocenters. The van der Waals surface area contributed by atoms with Crippen molar-refractivity contribution >= 4 is 23.9 Å². The molecular weight excluding hydrogens is 618 g/mol. The molecular formula is C40H55N3O6. The van der Waals surface area contributed by atoms with Gasteiger partial charge >= 0.3 is 11.9 Å². The van der Waals surface area contributed by atoms with Crippen molar-refractivity contribution < 1.29 is 28.6 Å². The number of hydrogen-bond acceptors (Lipinski definition) is 7. The van der Waals surface area contributed by atoms with Gasteiger partial charge in [-0.1, -0.05) is 89.0 Å².